The number of nitrogens with one attached hydrogen (secondary N) is 1. The highest BCUT2D eigenvalue weighted by atomic mass is 32.2. The van der Waals surface area contributed by atoms with E-state index < -0.39 is 10.0 Å². The van der Waals surface area contributed by atoms with Gasteiger partial charge in [-0.05, 0) is 12.1 Å². The molecule has 0 aliphatic rings. The molecule has 3 N–H and O–H groups in total. The summed E-state index contributed by atoms with van der Waals surface area (Å²) in [6, 6.07) is 6.59. The molecule has 0 atom stereocenters. The van der Waals surface area contributed by atoms with Gasteiger partial charge in [0.15, 0.2) is 5.82 Å². The van der Waals surface area contributed by atoms with Gasteiger partial charge in [-0.25, -0.2) is 12.7 Å². The Morgan fingerprint density at radius 1 is 1.30 bits per heavy atom. The summed E-state index contributed by atoms with van der Waals surface area (Å²) in [5.74, 6) is 0.596. The van der Waals surface area contributed by atoms with Crippen molar-refractivity contribution in [1.82, 2.24) is 14.1 Å². The van der Waals surface area contributed by atoms with Gasteiger partial charge in [0.1, 0.15) is 4.90 Å². The zero-order chi connectivity index (χ0) is 14.9. The predicted octanol–water partition coefficient (Wildman–Crippen LogP) is 0.996. The molecule has 2 aromatic rings. The molecule has 0 radical (unpaired) electrons. The number of para-hydroxylation sites is 1. The number of nitrogen functional groups attached to an aromatic ring is 1. The van der Waals surface area contributed by atoms with E-state index in [1.807, 2.05) is 0 Å². The molecule has 0 aliphatic carbocycles. The number of nitrogens with zero attached hydrogens (tertiary/aromatic N) is 3. The van der Waals surface area contributed by atoms with Crippen LogP contribution in [0.2, 0.25) is 0 Å². The minimum absolute atomic E-state index is 0.0726. The van der Waals surface area contributed by atoms with E-state index in [9.17, 15) is 8.42 Å². The first-order valence-electron chi connectivity index (χ1n) is 5.90. The molecular formula is C12H17N5O2S. The molecule has 0 aliphatic heterocycles. The van der Waals surface area contributed by atoms with Gasteiger partial charge >= 0.3 is 0 Å². The van der Waals surface area contributed by atoms with Crippen molar-refractivity contribution in [3.63, 3.8) is 0 Å². The number of aryl methyl sites for hydroxylation is 1. The Hall–Kier alpha value is -2.06. The molecule has 0 amide bonds. The smallest absolute Gasteiger partial charge is 0.244 e. The quantitative estimate of drug-likeness (QED) is 0.821. The molecule has 0 saturated heterocycles. The van der Waals surface area contributed by atoms with Crippen LogP contribution in [0, 0.1) is 0 Å². The summed E-state index contributed by atoms with van der Waals surface area (Å²) in [5, 5.41) is 7.17. The summed E-state index contributed by atoms with van der Waals surface area (Å²) in [6.07, 6.45) is 1.78. The SMILES string of the molecule is CN(C)S(=O)(=O)c1cccc(Nc2ccn(C)n2)c1N. The second kappa shape index (κ2) is 5.14. The molecule has 0 unspecified atom stereocenters. The van der Waals surface area contributed by atoms with Crippen molar-refractivity contribution < 1.29 is 8.42 Å². The highest BCUT2D eigenvalue weighted by Crippen LogP contribution is 2.29. The van der Waals surface area contributed by atoms with Crippen LogP contribution in [-0.2, 0) is 17.1 Å². The lowest BCUT2D eigenvalue weighted by Gasteiger charge is -2.15. The van der Waals surface area contributed by atoms with Gasteiger partial charge < -0.3 is 11.1 Å². The van der Waals surface area contributed by atoms with Crippen molar-refractivity contribution in [2.24, 2.45) is 7.05 Å². The fourth-order valence-corrected chi connectivity index (χ4v) is 2.73. The molecule has 2 rings (SSSR count). The average Bonchev–Trinajstić information content (AvgIpc) is 2.77. The van der Waals surface area contributed by atoms with Crippen molar-refractivity contribution >= 4 is 27.2 Å². The van der Waals surface area contributed by atoms with Gasteiger partial charge in [-0.2, -0.15) is 5.10 Å². The molecule has 20 heavy (non-hydrogen) atoms. The zero-order valence-corrected chi connectivity index (χ0v) is 12.3. The molecule has 1 heterocycles. The number of aromatic nitrogens is 2. The zero-order valence-electron chi connectivity index (χ0n) is 11.5. The van der Waals surface area contributed by atoms with Gasteiger partial charge in [-0.3, -0.25) is 4.68 Å². The molecule has 0 spiro atoms. The van der Waals surface area contributed by atoms with Crippen molar-refractivity contribution in [3.8, 4) is 0 Å². The lowest BCUT2D eigenvalue weighted by atomic mass is 10.2. The standard InChI is InChI=1S/C12H17N5O2S/c1-16(2)20(18,19)10-6-4-5-9(12(10)13)14-11-7-8-17(3)15-11/h4-8H,13H2,1-3H3,(H,14,15). The lowest BCUT2D eigenvalue weighted by molar-refractivity contribution is 0.521. The second-order valence-electron chi connectivity index (χ2n) is 4.50. The van der Waals surface area contributed by atoms with Crippen LogP contribution in [0.15, 0.2) is 35.4 Å². The van der Waals surface area contributed by atoms with E-state index >= 15 is 0 Å². The van der Waals surface area contributed by atoms with Crippen LogP contribution in [0.1, 0.15) is 0 Å². The third kappa shape index (κ3) is 2.61. The van der Waals surface area contributed by atoms with Gasteiger partial charge in [-0.15, -0.1) is 0 Å². The van der Waals surface area contributed by atoms with E-state index in [-0.39, 0.29) is 10.6 Å². The Balaban J connectivity index is 2.42. The number of hydrogen-bond donors (Lipinski definition) is 2. The maximum absolute atomic E-state index is 12.2. The summed E-state index contributed by atoms with van der Waals surface area (Å²) in [6.45, 7) is 0. The first-order chi connectivity index (χ1) is 9.32. The third-order valence-electron chi connectivity index (χ3n) is 2.80. The molecule has 1 aromatic carbocycles. The van der Waals surface area contributed by atoms with Crippen LogP contribution in [0.4, 0.5) is 17.2 Å². The molecule has 0 fully saturated rings. The highest BCUT2D eigenvalue weighted by Gasteiger charge is 2.21. The Labute approximate surface area is 118 Å². The Bertz CT molecular complexity index is 721. The van der Waals surface area contributed by atoms with E-state index in [1.54, 1.807) is 36.1 Å². The van der Waals surface area contributed by atoms with E-state index in [4.69, 9.17) is 5.73 Å². The van der Waals surface area contributed by atoms with E-state index in [2.05, 4.69) is 10.4 Å². The van der Waals surface area contributed by atoms with E-state index in [1.165, 1.54) is 20.2 Å². The van der Waals surface area contributed by atoms with Gasteiger partial charge in [0.25, 0.3) is 0 Å². The lowest BCUT2D eigenvalue weighted by Crippen LogP contribution is -2.23. The molecule has 0 saturated carbocycles. The van der Waals surface area contributed by atoms with Gasteiger partial charge in [0.2, 0.25) is 10.0 Å². The Kier molecular flexibility index (Phi) is 3.69. The topological polar surface area (TPSA) is 93.2 Å². The third-order valence-corrected chi connectivity index (χ3v) is 4.67. The average molecular weight is 295 g/mol. The molecule has 7 nitrogen and oxygen atoms in total. The second-order valence-corrected chi connectivity index (χ2v) is 6.62. The highest BCUT2D eigenvalue weighted by molar-refractivity contribution is 7.89. The van der Waals surface area contributed by atoms with Crippen LogP contribution in [-0.4, -0.2) is 36.6 Å². The van der Waals surface area contributed by atoms with Crippen molar-refractivity contribution in [3.05, 3.63) is 30.5 Å². The van der Waals surface area contributed by atoms with Crippen molar-refractivity contribution in [2.45, 2.75) is 4.90 Å². The Morgan fingerprint density at radius 3 is 2.55 bits per heavy atom. The van der Waals surface area contributed by atoms with Crippen molar-refractivity contribution in [2.75, 3.05) is 25.1 Å². The fourth-order valence-electron chi connectivity index (χ4n) is 1.69. The number of sulfonamides is 1. The van der Waals surface area contributed by atoms with Crippen LogP contribution in [0.3, 0.4) is 0 Å². The van der Waals surface area contributed by atoms with Crippen LogP contribution >= 0.6 is 0 Å². The first-order valence-corrected chi connectivity index (χ1v) is 7.34. The van der Waals surface area contributed by atoms with Gasteiger partial charge in [0, 0.05) is 33.4 Å². The minimum atomic E-state index is -3.57. The van der Waals surface area contributed by atoms with Crippen LogP contribution in [0.25, 0.3) is 0 Å². The number of rotatable bonds is 4. The molecule has 108 valence electrons. The van der Waals surface area contributed by atoms with E-state index in [0.29, 0.717) is 11.5 Å². The number of anilines is 3. The molecule has 8 heteroatoms. The summed E-state index contributed by atoms with van der Waals surface area (Å²) in [7, 11) is 1.15. The molecular weight excluding hydrogens is 278 g/mol. The number of hydrogen-bond acceptors (Lipinski definition) is 5. The Morgan fingerprint density at radius 2 is 2.00 bits per heavy atom. The number of benzene rings is 1. The summed E-state index contributed by atoms with van der Waals surface area (Å²) in [4.78, 5) is 0.0726. The first kappa shape index (κ1) is 14.4. The summed E-state index contributed by atoms with van der Waals surface area (Å²) < 4.78 is 27.1. The monoisotopic (exact) mass is 295 g/mol. The molecule has 0 bridgehead atoms. The largest absolute Gasteiger partial charge is 0.396 e. The summed E-state index contributed by atoms with van der Waals surface area (Å²) in [5.41, 5.74) is 6.64. The fraction of sp³-hybridized carbons (Fsp3) is 0.250. The van der Waals surface area contributed by atoms with E-state index in [0.717, 1.165) is 4.31 Å². The minimum Gasteiger partial charge on any atom is -0.396 e. The van der Waals surface area contributed by atoms with Gasteiger partial charge in [0.05, 0.1) is 11.4 Å². The molecule has 1 aromatic heterocycles. The van der Waals surface area contributed by atoms with Crippen LogP contribution in [0.5, 0.6) is 0 Å². The predicted molar refractivity (Wildman–Crippen MR) is 78.2 cm³/mol. The number of nitrogens with two attached hydrogens (primary N) is 1. The van der Waals surface area contributed by atoms with Crippen molar-refractivity contribution in [1.29, 1.82) is 0 Å². The maximum Gasteiger partial charge on any atom is 0.244 e. The normalized spacial score (nSPS) is 11.8. The maximum atomic E-state index is 12.2. The van der Waals surface area contributed by atoms with Gasteiger partial charge in [-0.1, -0.05) is 6.07 Å². The van der Waals surface area contributed by atoms with Crippen LogP contribution < -0.4 is 11.1 Å². The summed E-state index contributed by atoms with van der Waals surface area (Å²) >= 11 is 0.